The molecule has 1 heterocycles. The fourth-order valence-electron chi connectivity index (χ4n) is 2.88. The molecular formula is C15H25N3OS. The average molecular weight is 295 g/mol. The van der Waals surface area contributed by atoms with Crippen LogP contribution in [0.4, 0.5) is 5.82 Å². The molecule has 1 N–H and O–H groups in total. The normalized spacial score (nSPS) is 17.9. The van der Waals surface area contributed by atoms with Crippen molar-refractivity contribution in [2.75, 3.05) is 24.0 Å². The maximum atomic E-state index is 12.3. The molecule has 1 saturated carbocycles. The van der Waals surface area contributed by atoms with Gasteiger partial charge in [-0.25, -0.2) is 0 Å². The van der Waals surface area contributed by atoms with Gasteiger partial charge < -0.3 is 0 Å². The Balaban J connectivity index is 2.02. The van der Waals surface area contributed by atoms with E-state index in [-0.39, 0.29) is 11.8 Å². The summed E-state index contributed by atoms with van der Waals surface area (Å²) < 4.78 is 0. The number of thioether (sulfide) groups is 1. The third-order valence-corrected chi connectivity index (χ3v) is 4.97. The Morgan fingerprint density at radius 2 is 2.20 bits per heavy atom. The number of nitrogens with zero attached hydrogens (tertiary/aromatic N) is 2. The molecule has 0 spiro atoms. The van der Waals surface area contributed by atoms with Gasteiger partial charge in [0, 0.05) is 36.4 Å². The van der Waals surface area contributed by atoms with Gasteiger partial charge in [0.25, 0.3) is 0 Å². The summed E-state index contributed by atoms with van der Waals surface area (Å²) in [6.07, 6.45) is 8.46. The van der Waals surface area contributed by atoms with Crippen molar-refractivity contribution in [2.24, 2.45) is 5.92 Å². The first-order valence-electron chi connectivity index (χ1n) is 7.45. The fourth-order valence-corrected chi connectivity index (χ4v) is 3.53. The van der Waals surface area contributed by atoms with Crippen LogP contribution in [0.15, 0.2) is 6.07 Å². The van der Waals surface area contributed by atoms with Gasteiger partial charge in [0.05, 0.1) is 0 Å². The van der Waals surface area contributed by atoms with Crippen LogP contribution in [0.3, 0.4) is 0 Å². The lowest BCUT2D eigenvalue weighted by molar-refractivity contribution is -0.121. The lowest BCUT2D eigenvalue weighted by atomic mass is 9.87. The molecular weight excluding hydrogens is 270 g/mol. The van der Waals surface area contributed by atoms with E-state index in [2.05, 4.69) is 16.3 Å². The van der Waals surface area contributed by atoms with E-state index in [9.17, 15) is 4.79 Å². The maximum Gasteiger partial charge on any atom is 0.231 e. The second-order valence-electron chi connectivity index (χ2n) is 5.77. The van der Waals surface area contributed by atoms with Gasteiger partial charge in [0.15, 0.2) is 5.82 Å². The number of aromatic nitrogens is 2. The van der Waals surface area contributed by atoms with E-state index in [0.717, 1.165) is 11.6 Å². The number of nitrogens with one attached hydrogen (secondary N) is 1. The molecule has 2 rings (SSSR count). The highest BCUT2D eigenvalue weighted by atomic mass is 32.2. The zero-order valence-electron chi connectivity index (χ0n) is 12.7. The summed E-state index contributed by atoms with van der Waals surface area (Å²) in [5, 5.41) is 7.46. The molecule has 0 radical (unpaired) electrons. The maximum absolute atomic E-state index is 12.3. The molecule has 1 aliphatic rings. The number of H-pyrrole nitrogens is 1. The number of hydrogen-bond donors (Lipinski definition) is 1. The van der Waals surface area contributed by atoms with Crippen molar-refractivity contribution in [3.63, 3.8) is 0 Å². The first-order chi connectivity index (χ1) is 9.63. The molecule has 1 fully saturated rings. The van der Waals surface area contributed by atoms with Crippen LogP contribution in [0.5, 0.6) is 0 Å². The highest BCUT2D eigenvalue weighted by Gasteiger charge is 2.22. The van der Waals surface area contributed by atoms with Crippen molar-refractivity contribution in [1.29, 1.82) is 0 Å². The molecule has 0 bridgehead atoms. The molecule has 20 heavy (non-hydrogen) atoms. The molecule has 5 heteroatoms. The molecule has 1 atom stereocenters. The third kappa shape index (κ3) is 3.57. The van der Waals surface area contributed by atoms with Gasteiger partial charge in [-0.2, -0.15) is 16.9 Å². The summed E-state index contributed by atoms with van der Waals surface area (Å²) in [6.45, 7) is 1.98. The van der Waals surface area contributed by atoms with E-state index in [4.69, 9.17) is 0 Å². The largest absolute Gasteiger partial charge is 0.298 e. The number of hydrogen-bond acceptors (Lipinski definition) is 3. The van der Waals surface area contributed by atoms with Crippen LogP contribution in [0.1, 0.15) is 50.6 Å². The van der Waals surface area contributed by atoms with E-state index in [1.165, 1.54) is 37.8 Å². The van der Waals surface area contributed by atoms with Gasteiger partial charge in [-0.15, -0.1) is 0 Å². The van der Waals surface area contributed by atoms with Gasteiger partial charge in [-0.05, 0) is 19.1 Å². The zero-order valence-corrected chi connectivity index (χ0v) is 13.5. The minimum atomic E-state index is 0.0323. The SMILES string of the molecule is CSCC(C)C(=O)N(C)c1cc(C2CCCCC2)[nH]n1. The van der Waals surface area contributed by atoms with Crippen molar-refractivity contribution in [3.8, 4) is 0 Å². The van der Waals surface area contributed by atoms with Gasteiger partial charge in [0.1, 0.15) is 0 Å². The predicted octanol–water partition coefficient (Wildman–Crippen LogP) is 3.42. The lowest BCUT2D eigenvalue weighted by Gasteiger charge is -2.20. The smallest absolute Gasteiger partial charge is 0.231 e. The standard InChI is InChI=1S/C15H25N3OS/c1-11(10-20-3)15(19)18(2)14-9-13(16-17-14)12-7-5-4-6-8-12/h9,11-12H,4-8,10H2,1-3H3,(H,16,17). The summed E-state index contributed by atoms with van der Waals surface area (Å²) in [4.78, 5) is 14.0. The lowest BCUT2D eigenvalue weighted by Crippen LogP contribution is -2.32. The molecule has 1 aromatic rings. The summed E-state index contributed by atoms with van der Waals surface area (Å²) in [6, 6.07) is 2.06. The summed E-state index contributed by atoms with van der Waals surface area (Å²) in [7, 11) is 1.82. The molecule has 0 saturated heterocycles. The first kappa shape index (κ1) is 15.4. The number of carbonyl (C=O) groups excluding carboxylic acids is 1. The number of rotatable bonds is 5. The number of carbonyl (C=O) groups is 1. The van der Waals surface area contributed by atoms with E-state index >= 15 is 0 Å². The monoisotopic (exact) mass is 295 g/mol. The van der Waals surface area contributed by atoms with Gasteiger partial charge in [-0.1, -0.05) is 26.2 Å². The minimum Gasteiger partial charge on any atom is -0.298 e. The van der Waals surface area contributed by atoms with Crippen LogP contribution < -0.4 is 4.90 Å². The molecule has 1 unspecified atom stereocenters. The molecule has 1 aliphatic carbocycles. The number of amides is 1. The second-order valence-corrected chi connectivity index (χ2v) is 6.68. The molecule has 0 aromatic carbocycles. The van der Waals surface area contributed by atoms with Gasteiger partial charge >= 0.3 is 0 Å². The molecule has 112 valence electrons. The molecule has 4 nitrogen and oxygen atoms in total. The van der Waals surface area contributed by atoms with Crippen LogP contribution in [0.2, 0.25) is 0 Å². The highest BCUT2D eigenvalue weighted by molar-refractivity contribution is 7.98. The first-order valence-corrected chi connectivity index (χ1v) is 8.84. The van der Waals surface area contributed by atoms with Gasteiger partial charge in [0.2, 0.25) is 5.91 Å². The highest BCUT2D eigenvalue weighted by Crippen LogP contribution is 2.32. The van der Waals surface area contributed by atoms with Crippen molar-refractivity contribution in [2.45, 2.75) is 44.9 Å². The number of anilines is 1. The van der Waals surface area contributed by atoms with Crippen molar-refractivity contribution >= 4 is 23.5 Å². The minimum absolute atomic E-state index is 0.0323. The van der Waals surface area contributed by atoms with E-state index in [1.54, 1.807) is 16.7 Å². The Morgan fingerprint density at radius 3 is 2.85 bits per heavy atom. The van der Waals surface area contributed by atoms with Crippen molar-refractivity contribution in [1.82, 2.24) is 10.2 Å². The summed E-state index contributed by atoms with van der Waals surface area (Å²) >= 11 is 1.70. The van der Waals surface area contributed by atoms with Crippen LogP contribution in [-0.2, 0) is 4.79 Å². The fraction of sp³-hybridized carbons (Fsp3) is 0.733. The van der Waals surface area contributed by atoms with Crippen LogP contribution in [0, 0.1) is 5.92 Å². The molecule has 0 aliphatic heterocycles. The van der Waals surface area contributed by atoms with Crippen molar-refractivity contribution in [3.05, 3.63) is 11.8 Å². The molecule has 1 aromatic heterocycles. The summed E-state index contributed by atoms with van der Waals surface area (Å²) in [5.41, 5.74) is 1.19. The Kier molecular flexibility index (Phi) is 5.52. The Hall–Kier alpha value is -0.970. The van der Waals surface area contributed by atoms with Crippen LogP contribution >= 0.6 is 11.8 Å². The van der Waals surface area contributed by atoms with Crippen molar-refractivity contribution < 1.29 is 4.79 Å². The van der Waals surface area contributed by atoms with E-state index in [1.807, 2.05) is 20.2 Å². The Bertz CT molecular complexity index is 440. The number of aromatic amines is 1. The Labute approximate surface area is 125 Å². The Morgan fingerprint density at radius 1 is 1.50 bits per heavy atom. The predicted molar refractivity (Wildman–Crippen MR) is 85.4 cm³/mol. The second kappa shape index (κ2) is 7.16. The quantitative estimate of drug-likeness (QED) is 0.905. The van der Waals surface area contributed by atoms with Gasteiger partial charge in [-0.3, -0.25) is 14.8 Å². The van der Waals surface area contributed by atoms with E-state index in [0.29, 0.717) is 5.92 Å². The summed E-state index contributed by atoms with van der Waals surface area (Å²) in [5.74, 6) is 2.37. The van der Waals surface area contributed by atoms with Crippen LogP contribution in [-0.4, -0.2) is 35.2 Å². The van der Waals surface area contributed by atoms with Crippen LogP contribution in [0.25, 0.3) is 0 Å². The molecule has 1 amide bonds. The topological polar surface area (TPSA) is 49.0 Å². The third-order valence-electron chi connectivity index (χ3n) is 4.14. The average Bonchev–Trinajstić information content (AvgIpc) is 2.96. The zero-order chi connectivity index (χ0) is 14.5. The van der Waals surface area contributed by atoms with E-state index < -0.39 is 0 Å².